The van der Waals surface area contributed by atoms with Crippen molar-refractivity contribution < 1.29 is 0 Å². The summed E-state index contributed by atoms with van der Waals surface area (Å²) in [6, 6.07) is 6.12. The van der Waals surface area contributed by atoms with Gasteiger partial charge in [-0.15, -0.1) is 0 Å². The number of nitrogens with zero attached hydrogens (tertiary/aromatic N) is 2. The molecule has 1 atom stereocenters. The number of nitrogens with two attached hydrogens (primary N) is 1. The first-order chi connectivity index (χ1) is 8.49. The largest absolute Gasteiger partial charge is 0.389 e. The minimum atomic E-state index is 0.424. The first-order valence-electron chi connectivity index (χ1n) is 6.03. The highest BCUT2D eigenvalue weighted by Gasteiger charge is 2.24. The van der Waals surface area contributed by atoms with E-state index in [4.69, 9.17) is 29.6 Å². The van der Waals surface area contributed by atoms with Crippen LogP contribution >= 0.6 is 23.8 Å². The average molecular weight is 284 g/mol. The number of piperazine rings is 1. The maximum absolute atomic E-state index is 6.10. The molecule has 2 rings (SSSR count). The van der Waals surface area contributed by atoms with E-state index < -0.39 is 0 Å². The van der Waals surface area contributed by atoms with Gasteiger partial charge in [-0.25, -0.2) is 0 Å². The van der Waals surface area contributed by atoms with Gasteiger partial charge in [-0.2, -0.15) is 0 Å². The van der Waals surface area contributed by atoms with Crippen molar-refractivity contribution in [1.82, 2.24) is 4.90 Å². The summed E-state index contributed by atoms with van der Waals surface area (Å²) < 4.78 is 0. The van der Waals surface area contributed by atoms with E-state index >= 15 is 0 Å². The molecule has 1 saturated heterocycles. The number of anilines is 1. The smallest absolute Gasteiger partial charge is 0.106 e. The predicted molar refractivity (Wildman–Crippen MR) is 81.6 cm³/mol. The second-order valence-electron chi connectivity index (χ2n) is 4.83. The van der Waals surface area contributed by atoms with Gasteiger partial charge in [0.25, 0.3) is 0 Å². The Hall–Kier alpha value is -0.840. The fraction of sp³-hybridized carbons (Fsp3) is 0.462. The van der Waals surface area contributed by atoms with Gasteiger partial charge in [0.2, 0.25) is 0 Å². The second-order valence-corrected chi connectivity index (χ2v) is 5.71. The third-order valence-corrected chi connectivity index (χ3v) is 3.82. The molecule has 1 unspecified atom stereocenters. The van der Waals surface area contributed by atoms with Crippen LogP contribution in [0.3, 0.4) is 0 Å². The molecule has 0 aromatic heterocycles. The molecular formula is C13H18ClN3S. The van der Waals surface area contributed by atoms with Crippen molar-refractivity contribution in [1.29, 1.82) is 0 Å². The summed E-state index contributed by atoms with van der Waals surface area (Å²) in [6.07, 6.45) is 0. The molecule has 1 heterocycles. The molecule has 0 spiro atoms. The SMILES string of the molecule is CC1CN(C)CCN1c1cc(Cl)ccc1C(N)=S. The minimum Gasteiger partial charge on any atom is -0.389 e. The van der Waals surface area contributed by atoms with Crippen molar-refractivity contribution in [2.45, 2.75) is 13.0 Å². The molecule has 1 aromatic carbocycles. The number of thiocarbonyl (C=S) groups is 1. The summed E-state index contributed by atoms with van der Waals surface area (Å²) in [5, 5.41) is 0.719. The molecule has 3 nitrogen and oxygen atoms in total. The molecule has 0 bridgehead atoms. The summed E-state index contributed by atoms with van der Waals surface area (Å²) in [6.45, 7) is 5.24. The van der Waals surface area contributed by atoms with Gasteiger partial charge in [-0.05, 0) is 32.2 Å². The first kappa shape index (κ1) is 13.6. The number of rotatable bonds is 2. The maximum Gasteiger partial charge on any atom is 0.106 e. The Balaban J connectivity index is 2.37. The van der Waals surface area contributed by atoms with Gasteiger partial charge in [-0.3, -0.25) is 0 Å². The van der Waals surface area contributed by atoms with Crippen LogP contribution in [0.4, 0.5) is 5.69 Å². The summed E-state index contributed by atoms with van der Waals surface area (Å²) >= 11 is 11.2. The fourth-order valence-electron chi connectivity index (χ4n) is 2.45. The highest BCUT2D eigenvalue weighted by molar-refractivity contribution is 7.80. The van der Waals surface area contributed by atoms with Crippen molar-refractivity contribution >= 4 is 34.5 Å². The number of likely N-dealkylation sites (N-methyl/N-ethyl adjacent to an activating group) is 1. The van der Waals surface area contributed by atoms with Crippen LogP contribution < -0.4 is 10.6 Å². The molecule has 98 valence electrons. The van der Waals surface area contributed by atoms with E-state index in [0.29, 0.717) is 11.0 Å². The topological polar surface area (TPSA) is 32.5 Å². The highest BCUT2D eigenvalue weighted by atomic mass is 35.5. The van der Waals surface area contributed by atoms with E-state index in [2.05, 4.69) is 23.8 Å². The normalized spacial score (nSPS) is 21.1. The van der Waals surface area contributed by atoms with E-state index in [1.54, 1.807) is 0 Å². The van der Waals surface area contributed by atoms with Gasteiger partial charge >= 0.3 is 0 Å². The molecule has 0 radical (unpaired) electrons. The lowest BCUT2D eigenvalue weighted by molar-refractivity contribution is 0.275. The van der Waals surface area contributed by atoms with Gasteiger partial charge < -0.3 is 15.5 Å². The van der Waals surface area contributed by atoms with Crippen LogP contribution in [-0.2, 0) is 0 Å². The van der Waals surface area contributed by atoms with Gasteiger partial charge in [0, 0.05) is 41.9 Å². The molecule has 1 aliphatic heterocycles. The van der Waals surface area contributed by atoms with Crippen LogP contribution in [0, 0.1) is 0 Å². The van der Waals surface area contributed by atoms with Crippen molar-refractivity contribution in [3.63, 3.8) is 0 Å². The van der Waals surface area contributed by atoms with E-state index in [1.165, 1.54) is 0 Å². The lowest BCUT2D eigenvalue weighted by Gasteiger charge is -2.40. The Morgan fingerprint density at radius 3 is 2.78 bits per heavy atom. The van der Waals surface area contributed by atoms with E-state index in [0.717, 1.165) is 35.9 Å². The molecule has 18 heavy (non-hydrogen) atoms. The van der Waals surface area contributed by atoms with Gasteiger partial charge in [0.15, 0.2) is 0 Å². The van der Waals surface area contributed by atoms with Crippen molar-refractivity contribution in [2.75, 3.05) is 31.6 Å². The Morgan fingerprint density at radius 2 is 2.17 bits per heavy atom. The zero-order valence-corrected chi connectivity index (χ0v) is 12.3. The minimum absolute atomic E-state index is 0.424. The van der Waals surface area contributed by atoms with Crippen LogP contribution in [0.2, 0.25) is 5.02 Å². The lowest BCUT2D eigenvalue weighted by Crippen LogP contribution is -2.51. The molecule has 1 fully saturated rings. The number of hydrogen-bond acceptors (Lipinski definition) is 3. The van der Waals surface area contributed by atoms with E-state index in [-0.39, 0.29) is 0 Å². The van der Waals surface area contributed by atoms with Crippen LogP contribution in [0.25, 0.3) is 0 Å². The van der Waals surface area contributed by atoms with E-state index in [9.17, 15) is 0 Å². The van der Waals surface area contributed by atoms with Crippen LogP contribution in [-0.4, -0.2) is 42.6 Å². The monoisotopic (exact) mass is 283 g/mol. The standard InChI is InChI=1S/C13H18ClN3S/c1-9-8-16(2)5-6-17(9)12-7-10(14)3-4-11(12)13(15)18/h3-4,7,9H,5-6,8H2,1-2H3,(H2,15,18). The Kier molecular flexibility index (Phi) is 4.10. The molecule has 0 saturated carbocycles. The molecule has 2 N–H and O–H groups in total. The van der Waals surface area contributed by atoms with Crippen LogP contribution in [0.1, 0.15) is 12.5 Å². The summed E-state index contributed by atoms with van der Waals surface area (Å²) in [7, 11) is 2.14. The summed E-state index contributed by atoms with van der Waals surface area (Å²) in [5.41, 5.74) is 7.75. The molecular weight excluding hydrogens is 266 g/mol. The highest BCUT2D eigenvalue weighted by Crippen LogP contribution is 2.28. The zero-order valence-electron chi connectivity index (χ0n) is 10.7. The molecule has 0 aliphatic carbocycles. The zero-order chi connectivity index (χ0) is 13.3. The van der Waals surface area contributed by atoms with E-state index in [1.807, 2.05) is 18.2 Å². The number of halogens is 1. The Labute approximate surface area is 119 Å². The van der Waals surface area contributed by atoms with Crippen molar-refractivity contribution in [3.05, 3.63) is 28.8 Å². The van der Waals surface area contributed by atoms with Crippen LogP contribution in [0.15, 0.2) is 18.2 Å². The quantitative estimate of drug-likeness (QED) is 0.843. The Bertz CT molecular complexity index is 464. The second kappa shape index (κ2) is 5.43. The third-order valence-electron chi connectivity index (χ3n) is 3.37. The average Bonchev–Trinajstić information content (AvgIpc) is 2.28. The van der Waals surface area contributed by atoms with Gasteiger partial charge in [-0.1, -0.05) is 23.8 Å². The number of benzene rings is 1. The first-order valence-corrected chi connectivity index (χ1v) is 6.82. The molecule has 5 heteroatoms. The maximum atomic E-state index is 6.10. The van der Waals surface area contributed by atoms with Crippen molar-refractivity contribution in [2.24, 2.45) is 5.73 Å². The van der Waals surface area contributed by atoms with Crippen LogP contribution in [0.5, 0.6) is 0 Å². The molecule has 1 aliphatic rings. The summed E-state index contributed by atoms with van der Waals surface area (Å²) in [5.74, 6) is 0. The van der Waals surface area contributed by atoms with Gasteiger partial charge in [0.05, 0.1) is 0 Å². The summed E-state index contributed by atoms with van der Waals surface area (Å²) in [4.78, 5) is 5.08. The van der Waals surface area contributed by atoms with Gasteiger partial charge in [0.1, 0.15) is 4.99 Å². The molecule has 1 aromatic rings. The lowest BCUT2D eigenvalue weighted by atomic mass is 10.1. The number of hydrogen-bond donors (Lipinski definition) is 1. The fourth-order valence-corrected chi connectivity index (χ4v) is 2.79. The van der Waals surface area contributed by atoms with Crippen molar-refractivity contribution in [3.8, 4) is 0 Å². The Morgan fingerprint density at radius 1 is 1.44 bits per heavy atom. The molecule has 0 amide bonds. The predicted octanol–water partition coefficient (Wildman–Crippen LogP) is 2.11. The third kappa shape index (κ3) is 2.76.